The van der Waals surface area contributed by atoms with E-state index in [1.54, 1.807) is 4.90 Å². The molecule has 1 atom stereocenters. The summed E-state index contributed by atoms with van der Waals surface area (Å²) in [5.74, 6) is -2.14. The molecule has 0 saturated carbocycles. The maximum absolute atomic E-state index is 13.5. The van der Waals surface area contributed by atoms with E-state index in [-0.39, 0.29) is 11.4 Å². The molecule has 1 aliphatic heterocycles. The van der Waals surface area contributed by atoms with Crippen LogP contribution in [0.2, 0.25) is 0 Å². The van der Waals surface area contributed by atoms with E-state index in [0.29, 0.717) is 19.4 Å². The van der Waals surface area contributed by atoms with E-state index in [1.165, 1.54) is 0 Å². The van der Waals surface area contributed by atoms with Gasteiger partial charge in [0.2, 0.25) is 5.91 Å². The summed E-state index contributed by atoms with van der Waals surface area (Å²) >= 11 is 0. The Bertz CT molecular complexity index is 525. The molecule has 0 bridgehead atoms. The molecular weight excluding hydrogens is 275 g/mol. The largest absolute Gasteiger partial charge is 0.432 e. The predicted molar refractivity (Wildman–Crippen MR) is 67.0 cm³/mol. The molecule has 4 N–H and O–H groups in total. The lowest BCUT2D eigenvalue weighted by Crippen LogP contribution is -2.40. The Morgan fingerprint density at radius 1 is 1.45 bits per heavy atom. The monoisotopic (exact) mass is 289 g/mol. The number of nitrogen functional groups attached to an aromatic ring is 1. The molecule has 110 valence electrons. The van der Waals surface area contributed by atoms with Crippen LogP contribution in [-0.4, -0.2) is 25.1 Å². The highest BCUT2D eigenvalue weighted by molar-refractivity contribution is 5.86. The number of halogens is 3. The number of nitrogens with zero attached hydrogens (tertiary/aromatic N) is 1. The van der Waals surface area contributed by atoms with E-state index in [9.17, 15) is 18.0 Å². The number of carbonyl (C=O) groups excluding carboxylic acids is 1. The lowest BCUT2D eigenvalue weighted by atomic mass is 10.1. The fraction of sp³-hybridized carbons (Fsp3) is 0.417. The topological polar surface area (TPSA) is 81.6 Å². The van der Waals surface area contributed by atoms with Crippen molar-refractivity contribution in [2.24, 2.45) is 5.73 Å². The van der Waals surface area contributed by atoms with Crippen molar-refractivity contribution in [1.29, 1.82) is 0 Å². The third-order valence-corrected chi connectivity index (χ3v) is 3.19. The average molecular weight is 289 g/mol. The van der Waals surface area contributed by atoms with Gasteiger partial charge in [-0.1, -0.05) is 0 Å². The Morgan fingerprint density at radius 3 is 2.75 bits per heavy atom. The first-order valence-electron chi connectivity index (χ1n) is 6.00. The Hall–Kier alpha value is -2.12. The maximum atomic E-state index is 13.5. The van der Waals surface area contributed by atoms with Crippen molar-refractivity contribution in [3.63, 3.8) is 0 Å². The van der Waals surface area contributed by atoms with Crippen LogP contribution in [0, 0.1) is 5.82 Å². The van der Waals surface area contributed by atoms with Crippen LogP contribution >= 0.6 is 0 Å². The molecule has 1 heterocycles. The van der Waals surface area contributed by atoms with Gasteiger partial charge in [-0.05, 0) is 12.8 Å². The summed E-state index contributed by atoms with van der Waals surface area (Å²) in [6.07, 6.45) is 1.24. The highest BCUT2D eigenvalue weighted by atomic mass is 19.3. The Kier molecular flexibility index (Phi) is 3.91. The number of alkyl halides is 2. The highest BCUT2D eigenvalue weighted by Gasteiger charge is 2.31. The highest BCUT2D eigenvalue weighted by Crippen LogP contribution is 2.35. The number of hydrogen-bond acceptors (Lipinski definition) is 4. The second-order valence-corrected chi connectivity index (χ2v) is 4.47. The molecule has 8 heteroatoms. The van der Waals surface area contributed by atoms with Crippen LogP contribution in [0.25, 0.3) is 0 Å². The molecule has 0 spiro atoms. The third-order valence-electron chi connectivity index (χ3n) is 3.19. The van der Waals surface area contributed by atoms with Crippen molar-refractivity contribution in [2.75, 3.05) is 17.2 Å². The number of rotatable bonds is 4. The number of amides is 1. The van der Waals surface area contributed by atoms with Crippen molar-refractivity contribution in [1.82, 2.24) is 0 Å². The summed E-state index contributed by atoms with van der Waals surface area (Å²) in [6.45, 7) is -2.66. The van der Waals surface area contributed by atoms with Crippen molar-refractivity contribution in [3.05, 3.63) is 17.9 Å². The van der Waals surface area contributed by atoms with Gasteiger partial charge in [-0.3, -0.25) is 4.79 Å². The minimum absolute atomic E-state index is 0.0391. The first kappa shape index (κ1) is 14.3. The van der Waals surface area contributed by atoms with Gasteiger partial charge in [-0.2, -0.15) is 8.78 Å². The number of nitrogens with two attached hydrogens (primary N) is 2. The van der Waals surface area contributed by atoms with Crippen LogP contribution in [0.5, 0.6) is 5.75 Å². The van der Waals surface area contributed by atoms with Crippen LogP contribution in [0.4, 0.5) is 24.5 Å². The fourth-order valence-electron chi connectivity index (χ4n) is 2.34. The minimum atomic E-state index is -3.15. The van der Waals surface area contributed by atoms with E-state index in [0.717, 1.165) is 12.1 Å². The predicted octanol–water partition coefficient (Wildman–Crippen LogP) is 1.46. The summed E-state index contributed by atoms with van der Waals surface area (Å²) in [6, 6.07) is 1.38. The smallest absolute Gasteiger partial charge is 0.387 e. The quantitative estimate of drug-likeness (QED) is 0.822. The molecule has 0 aromatic heterocycles. The molecule has 1 aromatic rings. The van der Waals surface area contributed by atoms with Crippen molar-refractivity contribution in [3.8, 4) is 5.75 Å². The van der Waals surface area contributed by atoms with Gasteiger partial charge in [0.05, 0.1) is 11.4 Å². The summed E-state index contributed by atoms with van der Waals surface area (Å²) < 4.78 is 42.0. The standard InChI is InChI=1S/C12H14F3N3O2/c13-6-4-7(16)9(5-10(6)20-12(14)15)18-3-1-2-8(18)11(17)19/h4-5,8,12H,1-3,16H2,(H2,17,19). The molecule has 0 radical (unpaired) electrons. The van der Waals surface area contributed by atoms with Crippen LogP contribution < -0.4 is 21.1 Å². The zero-order chi connectivity index (χ0) is 14.9. The maximum Gasteiger partial charge on any atom is 0.387 e. The third kappa shape index (κ3) is 2.73. The normalized spacial score (nSPS) is 18.6. The Labute approximate surface area is 113 Å². The number of primary amides is 1. The molecular formula is C12H14F3N3O2. The summed E-state index contributed by atoms with van der Waals surface area (Å²) in [4.78, 5) is 12.9. The van der Waals surface area contributed by atoms with Gasteiger partial charge in [0, 0.05) is 18.7 Å². The van der Waals surface area contributed by atoms with E-state index < -0.39 is 30.1 Å². The van der Waals surface area contributed by atoms with Gasteiger partial charge in [-0.15, -0.1) is 0 Å². The number of ether oxygens (including phenoxy) is 1. The van der Waals surface area contributed by atoms with Crippen LogP contribution in [-0.2, 0) is 4.79 Å². The SMILES string of the molecule is NC(=O)C1CCCN1c1cc(OC(F)F)c(F)cc1N. The second-order valence-electron chi connectivity index (χ2n) is 4.47. The van der Waals surface area contributed by atoms with Crippen LogP contribution in [0.3, 0.4) is 0 Å². The molecule has 0 aliphatic carbocycles. The fourth-order valence-corrected chi connectivity index (χ4v) is 2.34. The van der Waals surface area contributed by atoms with Gasteiger partial charge in [0.1, 0.15) is 6.04 Å². The Balaban J connectivity index is 2.38. The molecule has 1 amide bonds. The van der Waals surface area contributed by atoms with Crippen molar-refractivity contribution in [2.45, 2.75) is 25.5 Å². The van der Waals surface area contributed by atoms with E-state index >= 15 is 0 Å². The summed E-state index contributed by atoms with van der Waals surface area (Å²) in [5.41, 5.74) is 11.3. The lowest BCUT2D eigenvalue weighted by molar-refractivity contribution is -0.119. The minimum Gasteiger partial charge on any atom is -0.432 e. The molecule has 1 unspecified atom stereocenters. The van der Waals surface area contributed by atoms with E-state index in [2.05, 4.69) is 4.74 Å². The first-order valence-corrected chi connectivity index (χ1v) is 6.00. The molecule has 20 heavy (non-hydrogen) atoms. The van der Waals surface area contributed by atoms with E-state index in [4.69, 9.17) is 11.5 Å². The van der Waals surface area contributed by atoms with Gasteiger partial charge < -0.3 is 21.1 Å². The van der Waals surface area contributed by atoms with Crippen LogP contribution in [0.15, 0.2) is 12.1 Å². The average Bonchev–Trinajstić information content (AvgIpc) is 2.81. The lowest BCUT2D eigenvalue weighted by Gasteiger charge is -2.26. The molecule has 1 aromatic carbocycles. The second kappa shape index (κ2) is 5.48. The van der Waals surface area contributed by atoms with Gasteiger partial charge in [-0.25, -0.2) is 4.39 Å². The number of anilines is 2. The van der Waals surface area contributed by atoms with Gasteiger partial charge in [0.15, 0.2) is 11.6 Å². The number of carbonyl (C=O) groups is 1. The Morgan fingerprint density at radius 2 is 2.15 bits per heavy atom. The number of benzene rings is 1. The zero-order valence-corrected chi connectivity index (χ0v) is 10.5. The summed E-state index contributed by atoms with van der Waals surface area (Å²) in [5, 5.41) is 0. The van der Waals surface area contributed by atoms with E-state index in [1.807, 2.05) is 0 Å². The van der Waals surface area contributed by atoms with Gasteiger partial charge in [0.25, 0.3) is 0 Å². The molecule has 1 saturated heterocycles. The number of hydrogen-bond donors (Lipinski definition) is 2. The summed E-state index contributed by atoms with van der Waals surface area (Å²) in [7, 11) is 0. The molecule has 2 rings (SSSR count). The zero-order valence-electron chi connectivity index (χ0n) is 10.5. The molecule has 5 nitrogen and oxygen atoms in total. The van der Waals surface area contributed by atoms with Crippen molar-refractivity contribution < 1.29 is 22.7 Å². The first-order chi connectivity index (χ1) is 9.40. The molecule has 1 aliphatic rings. The van der Waals surface area contributed by atoms with Crippen molar-refractivity contribution >= 4 is 17.3 Å². The van der Waals surface area contributed by atoms with Crippen LogP contribution in [0.1, 0.15) is 12.8 Å². The van der Waals surface area contributed by atoms with Gasteiger partial charge >= 0.3 is 6.61 Å². The molecule has 1 fully saturated rings.